The lowest BCUT2D eigenvalue weighted by molar-refractivity contribution is 0.160. The van der Waals surface area contributed by atoms with Crippen LogP contribution in [-0.4, -0.2) is 50.4 Å². The number of hydrogen-bond acceptors (Lipinski definition) is 5. The molecule has 2 aromatic heterocycles. The summed E-state index contributed by atoms with van der Waals surface area (Å²) in [5.41, 5.74) is 0.225. The van der Waals surface area contributed by atoms with Crippen molar-refractivity contribution in [3.05, 3.63) is 22.6 Å². The van der Waals surface area contributed by atoms with Crippen LogP contribution in [0.3, 0.4) is 0 Å². The van der Waals surface area contributed by atoms with Crippen LogP contribution in [0.15, 0.2) is 16.9 Å². The molecule has 0 spiro atoms. The van der Waals surface area contributed by atoms with Crippen molar-refractivity contribution < 1.29 is 0 Å². The second-order valence-electron chi connectivity index (χ2n) is 5.68. The summed E-state index contributed by atoms with van der Waals surface area (Å²) in [5.74, 6) is 0.706. The molecule has 1 aliphatic rings. The van der Waals surface area contributed by atoms with E-state index in [2.05, 4.69) is 32.4 Å². The zero-order valence-electron chi connectivity index (χ0n) is 12.4. The predicted molar refractivity (Wildman–Crippen MR) is 81.6 cm³/mol. The lowest BCUT2D eigenvalue weighted by Crippen LogP contribution is -2.38. The van der Waals surface area contributed by atoms with Gasteiger partial charge in [-0.15, -0.1) is 5.10 Å². The number of aromatic nitrogens is 4. The quantitative estimate of drug-likeness (QED) is 0.806. The van der Waals surface area contributed by atoms with Gasteiger partial charge < -0.3 is 10.2 Å². The van der Waals surface area contributed by atoms with Gasteiger partial charge in [-0.3, -0.25) is 0 Å². The molecule has 0 radical (unpaired) electrons. The Hall–Kier alpha value is -1.89. The highest BCUT2D eigenvalue weighted by Crippen LogP contribution is 2.16. The Morgan fingerprint density at radius 3 is 3.19 bits per heavy atom. The average molecular weight is 290 g/mol. The molecule has 114 valence electrons. The molecule has 7 heteroatoms. The van der Waals surface area contributed by atoms with E-state index in [9.17, 15) is 4.79 Å². The van der Waals surface area contributed by atoms with E-state index in [0.29, 0.717) is 17.5 Å². The molecule has 0 aromatic carbocycles. The number of nitrogens with zero attached hydrogens (tertiary/aromatic N) is 4. The molecule has 0 saturated carbocycles. The second kappa shape index (κ2) is 6.26. The smallest absolute Gasteiger partial charge is 0.364 e. The van der Waals surface area contributed by atoms with Crippen LogP contribution in [0, 0.1) is 0 Å². The van der Waals surface area contributed by atoms with Gasteiger partial charge in [0.1, 0.15) is 5.82 Å². The predicted octanol–water partition coefficient (Wildman–Crippen LogP) is 1.09. The Kier molecular flexibility index (Phi) is 4.19. The van der Waals surface area contributed by atoms with Crippen LogP contribution < -0.4 is 11.0 Å². The summed E-state index contributed by atoms with van der Waals surface area (Å²) in [4.78, 5) is 14.0. The molecular weight excluding hydrogens is 268 g/mol. The molecule has 1 fully saturated rings. The van der Waals surface area contributed by atoms with E-state index in [1.54, 1.807) is 6.07 Å². The SMILES string of the molecule is CC1CCCCN1CCCNc1ccc2n[nH]c(=O)n2n1. The van der Waals surface area contributed by atoms with Gasteiger partial charge in [0.25, 0.3) is 0 Å². The van der Waals surface area contributed by atoms with Crippen LogP contribution in [0.1, 0.15) is 32.6 Å². The maximum absolute atomic E-state index is 11.5. The highest BCUT2D eigenvalue weighted by Gasteiger charge is 2.16. The molecule has 7 nitrogen and oxygen atoms in total. The van der Waals surface area contributed by atoms with Crippen molar-refractivity contribution in [3.8, 4) is 0 Å². The summed E-state index contributed by atoms with van der Waals surface area (Å²) in [6, 6.07) is 4.33. The van der Waals surface area contributed by atoms with Gasteiger partial charge in [0, 0.05) is 19.1 Å². The molecule has 0 bridgehead atoms. The van der Waals surface area contributed by atoms with Gasteiger partial charge in [-0.25, -0.2) is 9.89 Å². The summed E-state index contributed by atoms with van der Waals surface area (Å²) < 4.78 is 1.27. The third kappa shape index (κ3) is 3.24. The lowest BCUT2D eigenvalue weighted by atomic mass is 10.0. The summed E-state index contributed by atoms with van der Waals surface area (Å²) in [6.07, 6.45) is 5.07. The molecule has 2 aromatic rings. The van der Waals surface area contributed by atoms with E-state index in [1.165, 1.54) is 30.3 Å². The minimum Gasteiger partial charge on any atom is -0.369 e. The maximum Gasteiger partial charge on any atom is 0.364 e. The minimum atomic E-state index is -0.309. The van der Waals surface area contributed by atoms with Gasteiger partial charge >= 0.3 is 5.69 Å². The number of H-pyrrole nitrogens is 1. The standard InChI is InChI=1S/C14H22N6O/c1-11-5-2-3-9-19(11)10-4-8-15-12-6-7-13-16-17-14(21)20(13)18-12/h6-7,11H,2-5,8-10H2,1H3,(H,15,18)(H,17,21). The summed E-state index contributed by atoms with van der Waals surface area (Å²) in [5, 5.41) is 13.7. The largest absolute Gasteiger partial charge is 0.369 e. The van der Waals surface area contributed by atoms with Crippen molar-refractivity contribution in [2.45, 2.75) is 38.6 Å². The van der Waals surface area contributed by atoms with E-state index in [0.717, 1.165) is 19.5 Å². The van der Waals surface area contributed by atoms with Crippen molar-refractivity contribution in [1.82, 2.24) is 24.7 Å². The zero-order valence-corrected chi connectivity index (χ0v) is 12.4. The summed E-state index contributed by atoms with van der Waals surface area (Å²) in [7, 11) is 0. The number of likely N-dealkylation sites (tertiary alicyclic amines) is 1. The Morgan fingerprint density at radius 1 is 1.43 bits per heavy atom. The average Bonchev–Trinajstić information content (AvgIpc) is 2.86. The molecule has 3 heterocycles. The first-order valence-electron chi connectivity index (χ1n) is 7.66. The first kappa shape index (κ1) is 14.1. The number of fused-ring (bicyclic) bond motifs is 1. The van der Waals surface area contributed by atoms with E-state index < -0.39 is 0 Å². The highest BCUT2D eigenvalue weighted by atomic mass is 16.2. The zero-order chi connectivity index (χ0) is 14.7. The number of hydrogen-bond donors (Lipinski definition) is 2. The van der Waals surface area contributed by atoms with Crippen LogP contribution in [0.4, 0.5) is 5.82 Å². The molecule has 1 saturated heterocycles. The normalized spacial score (nSPS) is 20.0. The fourth-order valence-electron chi connectivity index (χ4n) is 2.89. The second-order valence-corrected chi connectivity index (χ2v) is 5.68. The van der Waals surface area contributed by atoms with E-state index >= 15 is 0 Å². The monoisotopic (exact) mass is 290 g/mol. The summed E-state index contributed by atoms with van der Waals surface area (Å²) >= 11 is 0. The maximum atomic E-state index is 11.5. The topological polar surface area (TPSA) is 78.3 Å². The van der Waals surface area contributed by atoms with Gasteiger partial charge in [-0.2, -0.15) is 9.61 Å². The molecule has 0 amide bonds. The molecular formula is C14H22N6O. The third-order valence-corrected chi connectivity index (χ3v) is 4.14. The number of aromatic amines is 1. The van der Waals surface area contributed by atoms with Crippen molar-refractivity contribution in [2.75, 3.05) is 25.0 Å². The first-order valence-corrected chi connectivity index (χ1v) is 7.66. The van der Waals surface area contributed by atoms with Crippen molar-refractivity contribution in [3.63, 3.8) is 0 Å². The fourth-order valence-corrected chi connectivity index (χ4v) is 2.89. The molecule has 1 unspecified atom stereocenters. The lowest BCUT2D eigenvalue weighted by Gasteiger charge is -2.33. The van der Waals surface area contributed by atoms with Gasteiger partial charge in [-0.1, -0.05) is 6.42 Å². The van der Waals surface area contributed by atoms with Crippen molar-refractivity contribution in [2.24, 2.45) is 0 Å². The number of piperidine rings is 1. The van der Waals surface area contributed by atoms with E-state index in [4.69, 9.17) is 0 Å². The number of rotatable bonds is 5. The highest BCUT2D eigenvalue weighted by molar-refractivity contribution is 5.42. The van der Waals surface area contributed by atoms with E-state index in [-0.39, 0.29) is 5.69 Å². The van der Waals surface area contributed by atoms with E-state index in [1.807, 2.05) is 6.07 Å². The number of nitrogens with one attached hydrogen (secondary N) is 2. The first-order chi connectivity index (χ1) is 10.2. The summed E-state index contributed by atoms with van der Waals surface area (Å²) in [6.45, 7) is 5.50. The van der Waals surface area contributed by atoms with Crippen molar-refractivity contribution >= 4 is 11.5 Å². The molecule has 1 aliphatic heterocycles. The van der Waals surface area contributed by atoms with Crippen LogP contribution in [-0.2, 0) is 0 Å². The minimum absolute atomic E-state index is 0.309. The Morgan fingerprint density at radius 2 is 2.33 bits per heavy atom. The van der Waals surface area contributed by atoms with Gasteiger partial charge in [0.05, 0.1) is 0 Å². The fraction of sp³-hybridized carbons (Fsp3) is 0.643. The van der Waals surface area contributed by atoms with Gasteiger partial charge in [0.2, 0.25) is 0 Å². The molecule has 2 N–H and O–H groups in total. The van der Waals surface area contributed by atoms with Crippen LogP contribution in [0.25, 0.3) is 5.65 Å². The van der Waals surface area contributed by atoms with Crippen LogP contribution in [0.2, 0.25) is 0 Å². The Balaban J connectivity index is 1.50. The third-order valence-electron chi connectivity index (χ3n) is 4.14. The Labute approximate surface area is 123 Å². The molecule has 3 rings (SSSR count). The number of anilines is 1. The molecule has 0 aliphatic carbocycles. The molecule has 21 heavy (non-hydrogen) atoms. The molecule has 1 atom stereocenters. The van der Waals surface area contributed by atoms with Crippen molar-refractivity contribution in [1.29, 1.82) is 0 Å². The van der Waals surface area contributed by atoms with Gasteiger partial charge in [0.15, 0.2) is 5.65 Å². The Bertz CT molecular complexity index is 648. The van der Waals surface area contributed by atoms with Crippen LogP contribution >= 0.6 is 0 Å². The van der Waals surface area contributed by atoms with Gasteiger partial charge in [-0.05, 0) is 44.9 Å². The van der Waals surface area contributed by atoms with Crippen LogP contribution in [0.5, 0.6) is 0 Å².